The fourth-order valence-electron chi connectivity index (χ4n) is 3.35. The highest BCUT2D eigenvalue weighted by atomic mass is 16.5. The van der Waals surface area contributed by atoms with Crippen molar-refractivity contribution in [2.75, 3.05) is 12.4 Å². The van der Waals surface area contributed by atoms with Crippen LogP contribution in [0.15, 0.2) is 54.7 Å². The monoisotopic (exact) mass is 387 g/mol. The molecule has 2 heterocycles. The number of amides is 1. The van der Waals surface area contributed by atoms with Crippen molar-refractivity contribution in [2.45, 2.75) is 13.8 Å². The normalized spacial score (nSPS) is 10.9. The first kappa shape index (κ1) is 18.5. The number of rotatable bonds is 5. The molecule has 0 aliphatic rings. The summed E-state index contributed by atoms with van der Waals surface area (Å²) in [5, 5.41) is 8.73. The summed E-state index contributed by atoms with van der Waals surface area (Å²) in [6.07, 6.45) is 1.49. The van der Waals surface area contributed by atoms with E-state index in [9.17, 15) is 4.79 Å². The van der Waals surface area contributed by atoms with Crippen molar-refractivity contribution in [1.29, 1.82) is 0 Å². The maximum absolute atomic E-state index is 12.1. The number of aromatic nitrogens is 3. The molecule has 0 atom stereocenters. The maximum atomic E-state index is 12.1. The van der Waals surface area contributed by atoms with Crippen LogP contribution < -0.4 is 15.8 Å². The number of benzene rings is 2. The number of hydrogen-bond donors (Lipinski definition) is 2. The summed E-state index contributed by atoms with van der Waals surface area (Å²) in [4.78, 5) is 16.6. The molecule has 0 saturated carbocycles. The quantitative estimate of drug-likeness (QED) is 0.542. The number of hydrogen-bond acceptors (Lipinski definition) is 5. The molecular formula is C22H21N5O2. The number of carbonyl (C=O) groups is 1. The van der Waals surface area contributed by atoms with Crippen molar-refractivity contribution >= 4 is 28.3 Å². The summed E-state index contributed by atoms with van der Waals surface area (Å²) in [6, 6.07) is 15.5. The van der Waals surface area contributed by atoms with Gasteiger partial charge in [0, 0.05) is 18.0 Å². The molecule has 0 fully saturated rings. The van der Waals surface area contributed by atoms with Crippen LogP contribution in [0, 0.1) is 13.8 Å². The van der Waals surface area contributed by atoms with Crippen molar-refractivity contribution in [3.63, 3.8) is 0 Å². The summed E-state index contributed by atoms with van der Waals surface area (Å²) < 4.78 is 7.07. The molecule has 4 rings (SSSR count). The van der Waals surface area contributed by atoms with E-state index in [-0.39, 0.29) is 0 Å². The average molecular weight is 387 g/mol. The number of carbonyl (C=O) groups excluding carboxylic acids is 1. The lowest BCUT2D eigenvalue weighted by Crippen LogP contribution is -2.14. The van der Waals surface area contributed by atoms with E-state index in [0.29, 0.717) is 22.6 Å². The zero-order valence-electron chi connectivity index (χ0n) is 16.4. The van der Waals surface area contributed by atoms with Crippen LogP contribution in [0.3, 0.4) is 0 Å². The molecule has 0 bridgehead atoms. The Bertz CT molecular complexity index is 1230. The van der Waals surface area contributed by atoms with Gasteiger partial charge in [-0.2, -0.15) is 5.10 Å². The molecule has 1 amide bonds. The summed E-state index contributed by atoms with van der Waals surface area (Å²) in [5.41, 5.74) is 10.7. The number of anilines is 2. The summed E-state index contributed by atoms with van der Waals surface area (Å²) in [7, 11) is 1.61. The van der Waals surface area contributed by atoms with Gasteiger partial charge in [-0.25, -0.2) is 9.67 Å². The molecule has 2 aromatic carbocycles. The Hall–Kier alpha value is -3.87. The zero-order chi connectivity index (χ0) is 20.5. The topological polar surface area (TPSA) is 95.1 Å². The largest absolute Gasteiger partial charge is 0.497 e. The summed E-state index contributed by atoms with van der Waals surface area (Å²) in [6.45, 7) is 3.91. The molecular weight excluding hydrogens is 366 g/mol. The first-order chi connectivity index (χ1) is 14.0. The summed E-state index contributed by atoms with van der Waals surface area (Å²) in [5.74, 6) is 0.139. The Morgan fingerprint density at radius 1 is 1.14 bits per heavy atom. The van der Waals surface area contributed by atoms with E-state index >= 15 is 0 Å². The molecule has 0 spiro atoms. The van der Waals surface area contributed by atoms with Crippen molar-refractivity contribution in [3.8, 4) is 11.4 Å². The number of fused-ring (bicyclic) bond motifs is 1. The molecule has 29 heavy (non-hydrogen) atoms. The third-order valence-electron chi connectivity index (χ3n) is 4.72. The molecule has 2 aromatic heterocycles. The lowest BCUT2D eigenvalue weighted by atomic mass is 10.1. The van der Waals surface area contributed by atoms with Crippen LogP contribution in [0.4, 0.5) is 11.4 Å². The zero-order valence-corrected chi connectivity index (χ0v) is 16.4. The Kier molecular flexibility index (Phi) is 4.64. The fourth-order valence-corrected chi connectivity index (χ4v) is 3.35. The molecule has 4 aromatic rings. The molecule has 0 radical (unpaired) electrons. The molecule has 3 N–H and O–H groups in total. The van der Waals surface area contributed by atoms with Crippen molar-refractivity contribution in [3.05, 3.63) is 71.5 Å². The van der Waals surface area contributed by atoms with Gasteiger partial charge in [0.05, 0.1) is 35.1 Å². The van der Waals surface area contributed by atoms with Crippen LogP contribution in [0.1, 0.15) is 21.6 Å². The Labute approximate surface area is 168 Å². The molecule has 0 aliphatic heterocycles. The van der Waals surface area contributed by atoms with Crippen LogP contribution >= 0.6 is 0 Å². The highest BCUT2D eigenvalue weighted by molar-refractivity contribution is 6.07. The van der Waals surface area contributed by atoms with Gasteiger partial charge < -0.3 is 15.8 Å². The smallest absolute Gasteiger partial charge is 0.252 e. The first-order valence-corrected chi connectivity index (χ1v) is 9.14. The third kappa shape index (κ3) is 3.38. The number of nitrogens with one attached hydrogen (secondary N) is 1. The molecule has 0 aliphatic carbocycles. The van der Waals surface area contributed by atoms with E-state index in [4.69, 9.17) is 10.5 Å². The predicted octanol–water partition coefficient (Wildman–Crippen LogP) is 3.89. The van der Waals surface area contributed by atoms with Crippen LogP contribution in [0.25, 0.3) is 16.7 Å². The number of ether oxygens (including phenoxy) is 1. The van der Waals surface area contributed by atoms with Gasteiger partial charge in [-0.1, -0.05) is 18.2 Å². The molecule has 0 saturated heterocycles. The maximum Gasteiger partial charge on any atom is 0.252 e. The van der Waals surface area contributed by atoms with Gasteiger partial charge in [-0.05, 0) is 43.7 Å². The van der Waals surface area contributed by atoms with Gasteiger partial charge in [-0.15, -0.1) is 0 Å². The van der Waals surface area contributed by atoms with Gasteiger partial charge in [0.25, 0.3) is 5.91 Å². The van der Waals surface area contributed by atoms with Gasteiger partial charge >= 0.3 is 0 Å². The average Bonchev–Trinajstić information content (AvgIpc) is 3.05. The lowest BCUT2D eigenvalue weighted by molar-refractivity contribution is 0.100. The fraction of sp³-hybridized carbons (Fsp3) is 0.136. The van der Waals surface area contributed by atoms with Gasteiger partial charge in [0.15, 0.2) is 5.65 Å². The first-order valence-electron chi connectivity index (χ1n) is 9.14. The second kappa shape index (κ2) is 7.27. The number of aryl methyl sites for hydroxylation is 2. The second-order valence-corrected chi connectivity index (χ2v) is 6.80. The minimum atomic E-state index is -0.562. The van der Waals surface area contributed by atoms with Gasteiger partial charge in [-0.3, -0.25) is 4.79 Å². The molecule has 7 nitrogen and oxygen atoms in total. The van der Waals surface area contributed by atoms with E-state index in [1.54, 1.807) is 11.8 Å². The Balaban J connectivity index is 1.94. The van der Waals surface area contributed by atoms with E-state index in [1.807, 2.05) is 62.4 Å². The second-order valence-electron chi connectivity index (χ2n) is 6.80. The number of pyridine rings is 1. The summed E-state index contributed by atoms with van der Waals surface area (Å²) >= 11 is 0. The third-order valence-corrected chi connectivity index (χ3v) is 4.72. The minimum Gasteiger partial charge on any atom is -0.497 e. The lowest BCUT2D eigenvalue weighted by Gasteiger charge is -2.13. The number of primary amides is 1. The number of methoxy groups -OCH3 is 1. The van der Waals surface area contributed by atoms with E-state index in [2.05, 4.69) is 15.4 Å². The predicted molar refractivity (Wildman–Crippen MR) is 113 cm³/mol. The van der Waals surface area contributed by atoms with Crippen LogP contribution in [0.5, 0.6) is 5.75 Å². The van der Waals surface area contributed by atoms with E-state index in [1.165, 1.54) is 6.20 Å². The highest BCUT2D eigenvalue weighted by Gasteiger charge is 2.20. The molecule has 7 heteroatoms. The van der Waals surface area contributed by atoms with Crippen LogP contribution in [0.2, 0.25) is 0 Å². The standard InChI is InChI=1S/C22H21N5O2/c1-13-6-4-8-16(10-13)27-22-19(14(2)26-27)20(18(12-24-22)21(23)28)25-15-7-5-9-17(11-15)29-3/h4-12H,1-3H3,(H2,23,28)(H,24,25). The van der Waals surface area contributed by atoms with Gasteiger partial charge in [0.2, 0.25) is 0 Å². The Morgan fingerprint density at radius 3 is 2.66 bits per heavy atom. The van der Waals surface area contributed by atoms with Crippen molar-refractivity contribution in [1.82, 2.24) is 14.8 Å². The van der Waals surface area contributed by atoms with Gasteiger partial charge in [0.1, 0.15) is 5.75 Å². The highest BCUT2D eigenvalue weighted by Crippen LogP contribution is 2.33. The van der Waals surface area contributed by atoms with E-state index in [0.717, 1.165) is 28.0 Å². The number of nitrogens with zero attached hydrogens (tertiary/aromatic N) is 3. The number of nitrogens with two attached hydrogens (primary N) is 1. The van der Waals surface area contributed by atoms with Crippen molar-refractivity contribution < 1.29 is 9.53 Å². The van der Waals surface area contributed by atoms with Crippen molar-refractivity contribution in [2.24, 2.45) is 5.73 Å². The molecule has 0 unspecified atom stereocenters. The van der Waals surface area contributed by atoms with Crippen LogP contribution in [-0.4, -0.2) is 27.8 Å². The SMILES string of the molecule is COc1cccc(Nc2c(C(N)=O)cnc3c2c(C)nn3-c2cccc(C)c2)c1. The Morgan fingerprint density at radius 2 is 1.93 bits per heavy atom. The minimum absolute atomic E-state index is 0.298. The van der Waals surface area contributed by atoms with Crippen LogP contribution in [-0.2, 0) is 0 Å². The molecule has 146 valence electrons. The van der Waals surface area contributed by atoms with E-state index < -0.39 is 5.91 Å².